The second-order valence-electron chi connectivity index (χ2n) is 4.78. The zero-order valence-corrected chi connectivity index (χ0v) is 10.8. The van der Waals surface area contributed by atoms with Crippen molar-refractivity contribution in [2.75, 3.05) is 12.3 Å². The van der Waals surface area contributed by atoms with Crippen LogP contribution in [-0.2, 0) is 10.3 Å². The normalized spacial score (nSPS) is 32.4. The van der Waals surface area contributed by atoms with Crippen LogP contribution in [0.25, 0.3) is 5.52 Å². The number of rotatable bonds is 2. The maximum Gasteiger partial charge on any atom is 0.225 e. The average molecular weight is 291 g/mol. The molecule has 110 valence electrons. The molecule has 0 saturated carbocycles. The van der Waals surface area contributed by atoms with Crippen LogP contribution in [0.15, 0.2) is 18.5 Å². The Morgan fingerprint density at radius 3 is 2.86 bits per heavy atom. The van der Waals surface area contributed by atoms with Crippen LogP contribution in [0, 0.1) is 11.3 Å². The Bertz CT molecular complexity index is 726. The summed E-state index contributed by atoms with van der Waals surface area (Å²) in [6.07, 6.45) is -2.78. The van der Waals surface area contributed by atoms with E-state index in [9.17, 15) is 20.6 Å². The monoisotopic (exact) mass is 291 g/mol. The predicted molar refractivity (Wildman–Crippen MR) is 68.7 cm³/mol. The van der Waals surface area contributed by atoms with Crippen LogP contribution in [0.5, 0.6) is 0 Å². The topological polar surface area (TPSA) is 150 Å². The molecule has 3 rings (SSSR count). The van der Waals surface area contributed by atoms with E-state index in [4.69, 9.17) is 10.5 Å². The van der Waals surface area contributed by atoms with Crippen molar-refractivity contribution in [2.45, 2.75) is 23.9 Å². The van der Waals surface area contributed by atoms with E-state index in [2.05, 4.69) is 10.1 Å². The summed E-state index contributed by atoms with van der Waals surface area (Å²) >= 11 is 0. The van der Waals surface area contributed by atoms with E-state index in [-0.39, 0.29) is 11.5 Å². The quantitative estimate of drug-likeness (QED) is 0.503. The Hall–Kier alpha value is -2.25. The molecule has 4 atom stereocenters. The van der Waals surface area contributed by atoms with Gasteiger partial charge in [-0.15, -0.1) is 0 Å². The molecule has 0 bridgehead atoms. The molecule has 1 aliphatic rings. The summed E-state index contributed by atoms with van der Waals surface area (Å²) in [5, 5.41) is 42.8. The van der Waals surface area contributed by atoms with Crippen LogP contribution in [0.2, 0.25) is 0 Å². The molecular formula is C12H13N5O4. The van der Waals surface area contributed by atoms with Gasteiger partial charge in [0, 0.05) is 0 Å². The zero-order valence-electron chi connectivity index (χ0n) is 10.8. The minimum absolute atomic E-state index is 0.205. The summed E-state index contributed by atoms with van der Waals surface area (Å²) in [7, 11) is 0. The highest BCUT2D eigenvalue weighted by molar-refractivity contribution is 5.66. The molecule has 5 N–H and O–H groups in total. The van der Waals surface area contributed by atoms with Gasteiger partial charge in [0.2, 0.25) is 5.60 Å². The highest BCUT2D eigenvalue weighted by Gasteiger charge is 2.57. The highest BCUT2D eigenvalue weighted by atomic mass is 16.6. The molecule has 2 aromatic heterocycles. The summed E-state index contributed by atoms with van der Waals surface area (Å²) in [6, 6.07) is 4.97. The van der Waals surface area contributed by atoms with E-state index in [1.54, 1.807) is 6.07 Å². The van der Waals surface area contributed by atoms with Gasteiger partial charge in [-0.05, 0) is 12.1 Å². The number of aliphatic hydroxyl groups excluding tert-OH is 3. The van der Waals surface area contributed by atoms with Crippen LogP contribution < -0.4 is 5.73 Å². The Labute approximate surface area is 118 Å². The molecule has 1 saturated heterocycles. The summed E-state index contributed by atoms with van der Waals surface area (Å²) in [6.45, 7) is -0.526. The fourth-order valence-electron chi connectivity index (χ4n) is 2.56. The van der Waals surface area contributed by atoms with E-state index in [1.807, 2.05) is 6.07 Å². The number of nitrogen functional groups attached to an aromatic ring is 1. The lowest BCUT2D eigenvalue weighted by Gasteiger charge is -2.24. The summed E-state index contributed by atoms with van der Waals surface area (Å²) in [4.78, 5) is 3.83. The fraction of sp³-hybridized carbons (Fsp3) is 0.417. The number of hydrogen-bond acceptors (Lipinski definition) is 8. The van der Waals surface area contributed by atoms with E-state index >= 15 is 0 Å². The van der Waals surface area contributed by atoms with Crippen LogP contribution in [0.3, 0.4) is 0 Å². The van der Waals surface area contributed by atoms with Crippen molar-refractivity contribution in [1.29, 1.82) is 5.26 Å². The number of fused-ring (bicyclic) bond motifs is 1. The number of aliphatic hydroxyl groups is 3. The number of ether oxygens (including phenoxy) is 1. The van der Waals surface area contributed by atoms with Gasteiger partial charge in [-0.1, -0.05) is 0 Å². The zero-order chi connectivity index (χ0) is 15.2. The van der Waals surface area contributed by atoms with Gasteiger partial charge in [-0.3, -0.25) is 0 Å². The largest absolute Gasteiger partial charge is 0.394 e. The van der Waals surface area contributed by atoms with Crippen molar-refractivity contribution in [3.05, 3.63) is 24.2 Å². The van der Waals surface area contributed by atoms with Gasteiger partial charge in [0.05, 0.1) is 12.3 Å². The molecule has 9 heteroatoms. The first-order chi connectivity index (χ1) is 10.0. The molecule has 0 radical (unpaired) electrons. The van der Waals surface area contributed by atoms with Gasteiger partial charge in [0.15, 0.2) is 5.82 Å². The summed E-state index contributed by atoms with van der Waals surface area (Å²) < 4.78 is 6.75. The molecule has 1 unspecified atom stereocenters. The third-order valence-corrected chi connectivity index (χ3v) is 3.67. The van der Waals surface area contributed by atoms with Crippen LogP contribution in [0.4, 0.5) is 5.82 Å². The predicted octanol–water partition coefficient (Wildman–Crippen LogP) is -1.86. The maximum atomic E-state index is 10.2. The molecule has 0 amide bonds. The molecule has 9 nitrogen and oxygen atoms in total. The molecule has 0 aromatic carbocycles. The summed E-state index contributed by atoms with van der Waals surface area (Å²) in [5.41, 5.74) is 4.52. The fourth-order valence-corrected chi connectivity index (χ4v) is 2.56. The van der Waals surface area contributed by atoms with E-state index in [0.29, 0.717) is 5.52 Å². The minimum Gasteiger partial charge on any atom is -0.394 e. The molecule has 1 fully saturated rings. The smallest absolute Gasteiger partial charge is 0.225 e. The Balaban J connectivity index is 2.20. The lowest BCUT2D eigenvalue weighted by atomic mass is 9.92. The first-order valence-electron chi connectivity index (χ1n) is 6.20. The lowest BCUT2D eigenvalue weighted by Crippen LogP contribution is -2.40. The number of aromatic nitrogens is 3. The van der Waals surface area contributed by atoms with Gasteiger partial charge in [0.1, 0.15) is 36.2 Å². The van der Waals surface area contributed by atoms with Gasteiger partial charge >= 0.3 is 0 Å². The van der Waals surface area contributed by atoms with Crippen LogP contribution >= 0.6 is 0 Å². The number of hydrogen-bond donors (Lipinski definition) is 4. The maximum absolute atomic E-state index is 10.2. The number of nitriles is 1. The standard InChI is InChI=1S/C12H13N5O4/c13-4-12(10(20)9(19)7(3-18)21-12)8-2-1-6-11(14)15-5-16-17(6)8/h1-2,5,7,9-10,18-20H,3H2,(H2,14,15,16)/t7-,9?,10+,12+/m1/s1. The second-order valence-corrected chi connectivity index (χ2v) is 4.78. The molecular weight excluding hydrogens is 278 g/mol. The first kappa shape index (κ1) is 13.7. The third kappa shape index (κ3) is 1.71. The van der Waals surface area contributed by atoms with Gasteiger partial charge in [-0.2, -0.15) is 10.4 Å². The van der Waals surface area contributed by atoms with Crippen LogP contribution in [0.1, 0.15) is 5.69 Å². The van der Waals surface area contributed by atoms with Crippen molar-refractivity contribution < 1.29 is 20.1 Å². The molecule has 0 aliphatic carbocycles. The first-order valence-corrected chi connectivity index (χ1v) is 6.20. The Morgan fingerprint density at radius 1 is 1.48 bits per heavy atom. The van der Waals surface area contributed by atoms with Gasteiger partial charge in [-0.25, -0.2) is 9.50 Å². The number of anilines is 1. The highest BCUT2D eigenvalue weighted by Crippen LogP contribution is 2.40. The van der Waals surface area contributed by atoms with E-state index in [0.717, 1.165) is 0 Å². The number of nitrogens with two attached hydrogens (primary N) is 1. The van der Waals surface area contributed by atoms with Gasteiger partial charge < -0.3 is 25.8 Å². The molecule has 21 heavy (non-hydrogen) atoms. The van der Waals surface area contributed by atoms with Gasteiger partial charge in [0.25, 0.3) is 0 Å². The number of nitrogens with zero attached hydrogens (tertiary/aromatic N) is 4. The molecule has 0 spiro atoms. The lowest BCUT2D eigenvalue weighted by molar-refractivity contribution is -0.0643. The molecule has 1 aliphatic heterocycles. The van der Waals surface area contributed by atoms with E-state index in [1.165, 1.54) is 16.9 Å². The van der Waals surface area contributed by atoms with Crippen LogP contribution in [-0.4, -0.2) is 54.8 Å². The SMILES string of the molecule is N#C[C@@]1(c2ccc3c(N)ncnn23)O[C@H](CO)C(O)[C@@H]1O. The van der Waals surface area contributed by atoms with E-state index < -0.39 is 30.5 Å². The summed E-state index contributed by atoms with van der Waals surface area (Å²) in [5.74, 6) is 0.205. The molecule has 2 aromatic rings. The van der Waals surface area contributed by atoms with Crippen molar-refractivity contribution in [3.63, 3.8) is 0 Å². The Morgan fingerprint density at radius 2 is 2.24 bits per heavy atom. The Kier molecular flexibility index (Phi) is 3.03. The van der Waals surface area contributed by atoms with Crippen molar-refractivity contribution >= 4 is 11.3 Å². The second kappa shape index (κ2) is 4.64. The van der Waals surface area contributed by atoms with Crippen molar-refractivity contribution in [3.8, 4) is 6.07 Å². The third-order valence-electron chi connectivity index (χ3n) is 3.67. The molecule has 3 heterocycles. The van der Waals surface area contributed by atoms with Crippen molar-refractivity contribution in [1.82, 2.24) is 14.6 Å². The van der Waals surface area contributed by atoms with Crippen molar-refractivity contribution in [2.24, 2.45) is 0 Å². The minimum atomic E-state index is -1.85. The average Bonchev–Trinajstić information content (AvgIpc) is 3.03.